The number of carboxylic acid groups (broad SMARTS) is 1. The zero-order chi connectivity index (χ0) is 26.2. The first-order chi connectivity index (χ1) is 17.0. The van der Waals surface area contributed by atoms with Crippen LogP contribution in [0, 0.1) is 17.5 Å². The summed E-state index contributed by atoms with van der Waals surface area (Å²) < 4.78 is 86.8. The van der Waals surface area contributed by atoms with Gasteiger partial charge in [-0.3, -0.25) is 0 Å². The quantitative estimate of drug-likeness (QED) is 0.283. The van der Waals surface area contributed by atoms with Gasteiger partial charge in [0, 0.05) is 16.1 Å². The van der Waals surface area contributed by atoms with Crippen LogP contribution in [0.3, 0.4) is 0 Å². The first-order valence-corrected chi connectivity index (χ1v) is 10.9. The molecule has 0 amide bonds. The second-order valence-corrected chi connectivity index (χ2v) is 8.42. The van der Waals surface area contributed by atoms with E-state index in [0.717, 1.165) is 18.2 Å². The van der Waals surface area contributed by atoms with Crippen LogP contribution in [0.15, 0.2) is 42.5 Å². The molecule has 0 unspecified atom stereocenters. The van der Waals surface area contributed by atoms with E-state index >= 15 is 0 Å². The molecule has 188 valence electrons. The summed E-state index contributed by atoms with van der Waals surface area (Å²) >= 11 is 6.14. The maximum Gasteiger partial charge on any atom is 0.416 e. The summed E-state index contributed by atoms with van der Waals surface area (Å²) in [6.45, 7) is -0.475. The maximum atomic E-state index is 14.1. The van der Waals surface area contributed by atoms with Crippen molar-refractivity contribution in [1.82, 2.24) is 4.98 Å². The van der Waals surface area contributed by atoms with Crippen LogP contribution < -0.4 is 9.84 Å². The largest absolute Gasteiger partial charge is 0.543 e. The molecular weight excluding hydrogens is 512 g/mol. The summed E-state index contributed by atoms with van der Waals surface area (Å²) in [5, 5.41) is 11.6. The number of allylic oxidation sites excluding steroid dienone is 2. The Morgan fingerprint density at radius 2 is 1.72 bits per heavy atom. The van der Waals surface area contributed by atoms with Gasteiger partial charge in [0.2, 0.25) is 0 Å². The third-order valence-electron chi connectivity index (χ3n) is 5.65. The molecule has 1 aromatic heterocycles. The first-order valence-electron chi connectivity index (χ1n) is 10.5. The van der Waals surface area contributed by atoms with E-state index in [1.807, 2.05) is 0 Å². The summed E-state index contributed by atoms with van der Waals surface area (Å²) in [4.78, 5) is 15.2. The molecule has 1 heterocycles. The van der Waals surface area contributed by atoms with Crippen molar-refractivity contribution in [2.45, 2.75) is 32.0 Å². The Labute approximate surface area is 205 Å². The van der Waals surface area contributed by atoms with Crippen LogP contribution in [0.4, 0.5) is 26.3 Å². The second kappa shape index (κ2) is 9.85. The fourth-order valence-corrected chi connectivity index (χ4v) is 4.15. The Morgan fingerprint density at radius 1 is 1.00 bits per heavy atom. The minimum atomic E-state index is -4.82. The van der Waals surface area contributed by atoms with Crippen molar-refractivity contribution in [3.8, 4) is 5.75 Å². The van der Waals surface area contributed by atoms with Crippen molar-refractivity contribution in [1.29, 1.82) is 0 Å². The minimum absolute atomic E-state index is 0.157. The fourth-order valence-electron chi connectivity index (χ4n) is 3.97. The summed E-state index contributed by atoms with van der Waals surface area (Å²) in [7, 11) is 0. The number of hydrogen-bond acceptors (Lipinski definition) is 4. The molecule has 3 aromatic rings. The number of rotatable bonds is 6. The number of aromatic nitrogens is 1. The highest BCUT2D eigenvalue weighted by Crippen LogP contribution is 2.44. The lowest BCUT2D eigenvalue weighted by atomic mass is 9.98. The van der Waals surface area contributed by atoms with Gasteiger partial charge in [-0.1, -0.05) is 11.6 Å². The minimum Gasteiger partial charge on any atom is -0.543 e. The van der Waals surface area contributed by atoms with Crippen molar-refractivity contribution < 1.29 is 41.0 Å². The SMILES string of the molecule is O=C([O-])c1cc(C(F)(F)F)cc(C2=C(c3cc(Cl)ccc3OCc3ccc(F)c(F)c3F)CCC2)n1. The summed E-state index contributed by atoms with van der Waals surface area (Å²) in [6, 6.07) is 7.35. The molecule has 0 atom stereocenters. The van der Waals surface area contributed by atoms with Gasteiger partial charge < -0.3 is 14.6 Å². The van der Waals surface area contributed by atoms with Crippen LogP contribution in [0.1, 0.15) is 52.1 Å². The molecule has 1 aliphatic carbocycles. The van der Waals surface area contributed by atoms with Crippen molar-refractivity contribution >= 4 is 28.7 Å². The van der Waals surface area contributed by atoms with E-state index in [9.17, 15) is 36.2 Å². The first kappa shape index (κ1) is 25.6. The van der Waals surface area contributed by atoms with E-state index in [2.05, 4.69) is 4.98 Å². The van der Waals surface area contributed by atoms with Crippen LogP contribution >= 0.6 is 11.6 Å². The molecule has 0 saturated heterocycles. The Balaban J connectivity index is 1.78. The van der Waals surface area contributed by atoms with Crippen molar-refractivity contribution in [3.63, 3.8) is 0 Å². The zero-order valence-corrected chi connectivity index (χ0v) is 18.9. The topological polar surface area (TPSA) is 62.2 Å². The van der Waals surface area contributed by atoms with Gasteiger partial charge in [0.05, 0.1) is 22.9 Å². The van der Waals surface area contributed by atoms with Gasteiger partial charge >= 0.3 is 6.18 Å². The summed E-state index contributed by atoms with van der Waals surface area (Å²) in [6.07, 6.45) is -3.63. The molecule has 0 spiro atoms. The Morgan fingerprint density at radius 3 is 2.42 bits per heavy atom. The van der Waals surface area contributed by atoms with Gasteiger partial charge in [0.25, 0.3) is 0 Å². The normalized spacial score (nSPS) is 13.9. The molecule has 1 aliphatic rings. The molecule has 0 aliphatic heterocycles. The number of nitrogens with zero attached hydrogens (tertiary/aromatic N) is 1. The summed E-state index contributed by atoms with van der Waals surface area (Å²) in [5.41, 5.74) is -1.27. The number of aromatic carboxylic acids is 1. The molecular formula is C25H15ClF6NO3-. The number of alkyl halides is 3. The maximum absolute atomic E-state index is 14.1. The number of carbonyl (C=O) groups excluding carboxylic acids is 1. The van der Waals surface area contributed by atoms with E-state index in [0.29, 0.717) is 42.0 Å². The number of carboxylic acids is 1. The van der Waals surface area contributed by atoms with Crippen LogP contribution in [-0.4, -0.2) is 11.0 Å². The second-order valence-electron chi connectivity index (χ2n) is 7.99. The van der Waals surface area contributed by atoms with Crippen LogP contribution in [0.2, 0.25) is 5.02 Å². The van der Waals surface area contributed by atoms with Gasteiger partial charge in [0.1, 0.15) is 12.4 Å². The molecule has 0 N–H and O–H groups in total. The van der Waals surface area contributed by atoms with Crippen LogP contribution in [-0.2, 0) is 12.8 Å². The molecule has 0 saturated carbocycles. The number of ether oxygens (including phenoxy) is 1. The highest BCUT2D eigenvalue weighted by molar-refractivity contribution is 6.30. The predicted octanol–water partition coefficient (Wildman–Crippen LogP) is 6.21. The summed E-state index contributed by atoms with van der Waals surface area (Å²) in [5.74, 6) is -6.11. The van der Waals surface area contributed by atoms with E-state index in [1.165, 1.54) is 18.2 Å². The zero-order valence-electron chi connectivity index (χ0n) is 18.2. The monoisotopic (exact) mass is 526 g/mol. The van der Waals surface area contributed by atoms with Gasteiger partial charge in [0.15, 0.2) is 17.5 Å². The molecule has 0 radical (unpaired) electrons. The van der Waals surface area contributed by atoms with Crippen LogP contribution in [0.5, 0.6) is 5.75 Å². The number of pyridine rings is 1. The Hall–Kier alpha value is -3.53. The highest BCUT2D eigenvalue weighted by Gasteiger charge is 2.33. The third kappa shape index (κ3) is 5.18. The van der Waals surface area contributed by atoms with Gasteiger partial charge in [-0.15, -0.1) is 0 Å². The number of hydrogen-bond donors (Lipinski definition) is 0. The highest BCUT2D eigenvalue weighted by atomic mass is 35.5. The van der Waals surface area contributed by atoms with Crippen molar-refractivity contribution in [2.24, 2.45) is 0 Å². The van der Waals surface area contributed by atoms with Gasteiger partial charge in [-0.25, -0.2) is 18.2 Å². The molecule has 2 aromatic carbocycles. The lowest BCUT2D eigenvalue weighted by Crippen LogP contribution is -2.25. The number of halogens is 7. The van der Waals surface area contributed by atoms with Gasteiger partial charge in [-0.2, -0.15) is 13.2 Å². The molecule has 36 heavy (non-hydrogen) atoms. The Kier molecular flexibility index (Phi) is 6.99. The van der Waals surface area contributed by atoms with Crippen LogP contribution in [0.25, 0.3) is 11.1 Å². The smallest absolute Gasteiger partial charge is 0.416 e. The van der Waals surface area contributed by atoms with E-state index < -0.39 is 47.5 Å². The standard InChI is InChI=1S/C25H16ClF6NO3/c26-14-5-7-21(36-11-12-4-6-18(27)23(29)22(12)28)17(10-14)15-2-1-3-16(15)19-8-13(25(30,31)32)9-20(33-19)24(34)35/h4-10H,1-3,11H2,(H,34,35)/p-1. The molecule has 11 heteroatoms. The lowest BCUT2D eigenvalue weighted by molar-refractivity contribution is -0.255. The van der Waals surface area contributed by atoms with E-state index in [1.54, 1.807) is 0 Å². The predicted molar refractivity (Wildman–Crippen MR) is 116 cm³/mol. The molecule has 4 rings (SSSR count). The van der Waals surface area contributed by atoms with Crippen molar-refractivity contribution in [2.75, 3.05) is 0 Å². The van der Waals surface area contributed by atoms with E-state index in [-0.39, 0.29) is 22.0 Å². The van der Waals surface area contributed by atoms with Gasteiger partial charge in [-0.05, 0) is 72.9 Å². The average Bonchev–Trinajstić information content (AvgIpc) is 3.32. The lowest BCUT2D eigenvalue weighted by Gasteiger charge is -2.17. The van der Waals surface area contributed by atoms with Crippen molar-refractivity contribution in [3.05, 3.63) is 93.0 Å². The Bertz CT molecular complexity index is 1390. The van der Waals surface area contributed by atoms with E-state index in [4.69, 9.17) is 16.3 Å². The molecule has 0 bridgehead atoms. The number of benzene rings is 2. The molecule has 0 fully saturated rings. The average molecular weight is 527 g/mol. The number of carbonyl (C=O) groups is 1. The fraction of sp³-hybridized carbons (Fsp3) is 0.200. The third-order valence-corrected chi connectivity index (χ3v) is 5.89. The molecule has 4 nitrogen and oxygen atoms in total.